The molecule has 0 saturated carbocycles. The largest absolute Gasteiger partial charge is 0.435 e. The first-order valence-corrected chi connectivity index (χ1v) is 6.40. The monoisotopic (exact) mass is 282 g/mol. The fourth-order valence-corrected chi connectivity index (χ4v) is 1.75. The van der Waals surface area contributed by atoms with Crippen molar-refractivity contribution in [3.05, 3.63) is 36.0 Å². The van der Waals surface area contributed by atoms with E-state index >= 15 is 0 Å². The highest BCUT2D eigenvalue weighted by Gasteiger charge is 2.09. The lowest BCUT2D eigenvalue weighted by Gasteiger charge is -2.04. The standard InChI is InChI=1S/C14H16F2N2O2/c1-2-6-17-9-11-8-13(20-18-11)10-4-3-5-12(7-10)19-14(15)16/h3-5,7-8,14,17H,2,6,9H2,1H3. The first-order chi connectivity index (χ1) is 9.69. The number of aromatic nitrogens is 1. The molecule has 0 atom stereocenters. The zero-order valence-corrected chi connectivity index (χ0v) is 11.1. The molecule has 1 aromatic heterocycles. The van der Waals surface area contributed by atoms with Gasteiger partial charge in [0.05, 0.1) is 5.69 Å². The number of ether oxygens (including phenoxy) is 1. The molecule has 0 fully saturated rings. The summed E-state index contributed by atoms with van der Waals surface area (Å²) in [6.07, 6.45) is 1.04. The maximum absolute atomic E-state index is 12.2. The van der Waals surface area contributed by atoms with E-state index in [1.165, 1.54) is 12.1 Å². The highest BCUT2D eigenvalue weighted by Crippen LogP contribution is 2.25. The number of benzene rings is 1. The third-order valence-electron chi connectivity index (χ3n) is 2.64. The molecule has 2 aromatic rings. The SMILES string of the molecule is CCCNCc1cc(-c2cccc(OC(F)F)c2)on1. The molecule has 0 aliphatic heterocycles. The van der Waals surface area contributed by atoms with E-state index in [2.05, 4.69) is 22.1 Å². The molecule has 6 heteroatoms. The van der Waals surface area contributed by atoms with Crippen LogP contribution < -0.4 is 10.1 Å². The Hall–Kier alpha value is -1.95. The Morgan fingerprint density at radius 2 is 2.20 bits per heavy atom. The number of nitrogens with one attached hydrogen (secondary N) is 1. The van der Waals surface area contributed by atoms with Gasteiger partial charge >= 0.3 is 6.61 Å². The summed E-state index contributed by atoms with van der Waals surface area (Å²) in [5.41, 5.74) is 1.42. The van der Waals surface area contributed by atoms with Crippen LogP contribution in [0.25, 0.3) is 11.3 Å². The Balaban J connectivity index is 2.07. The predicted molar refractivity (Wildman–Crippen MR) is 70.6 cm³/mol. The maximum Gasteiger partial charge on any atom is 0.387 e. The molecule has 20 heavy (non-hydrogen) atoms. The Morgan fingerprint density at radius 3 is 2.95 bits per heavy atom. The summed E-state index contributed by atoms with van der Waals surface area (Å²) in [4.78, 5) is 0. The molecule has 1 heterocycles. The molecule has 2 rings (SSSR count). The van der Waals surface area contributed by atoms with E-state index in [0.717, 1.165) is 18.7 Å². The van der Waals surface area contributed by atoms with Crippen LogP contribution in [0, 0.1) is 0 Å². The number of hydrogen-bond acceptors (Lipinski definition) is 4. The maximum atomic E-state index is 12.2. The first-order valence-electron chi connectivity index (χ1n) is 6.40. The van der Waals surface area contributed by atoms with Crippen molar-refractivity contribution in [3.63, 3.8) is 0 Å². The average Bonchev–Trinajstić information content (AvgIpc) is 2.87. The number of rotatable bonds is 7. The predicted octanol–water partition coefficient (Wildman–Crippen LogP) is 3.44. The van der Waals surface area contributed by atoms with Gasteiger partial charge in [0, 0.05) is 18.2 Å². The highest BCUT2D eigenvalue weighted by molar-refractivity contribution is 5.59. The van der Waals surface area contributed by atoms with Crippen LogP contribution in [0.3, 0.4) is 0 Å². The van der Waals surface area contributed by atoms with Crippen molar-refractivity contribution in [2.75, 3.05) is 6.54 Å². The summed E-state index contributed by atoms with van der Waals surface area (Å²) in [5.74, 6) is 0.623. The molecular weight excluding hydrogens is 266 g/mol. The molecule has 0 radical (unpaired) electrons. The fourth-order valence-electron chi connectivity index (χ4n) is 1.75. The van der Waals surface area contributed by atoms with E-state index in [9.17, 15) is 8.78 Å². The van der Waals surface area contributed by atoms with Crippen LogP contribution in [0.5, 0.6) is 5.75 Å². The first kappa shape index (κ1) is 14.5. The number of nitrogens with zero attached hydrogens (tertiary/aromatic N) is 1. The summed E-state index contributed by atoms with van der Waals surface area (Å²) in [5, 5.41) is 7.14. The van der Waals surface area contributed by atoms with Crippen LogP contribution in [0.2, 0.25) is 0 Å². The molecular formula is C14H16F2N2O2. The van der Waals surface area contributed by atoms with Crippen molar-refractivity contribution in [2.24, 2.45) is 0 Å². The zero-order valence-electron chi connectivity index (χ0n) is 11.1. The van der Waals surface area contributed by atoms with E-state index in [1.54, 1.807) is 18.2 Å². The molecule has 0 saturated heterocycles. The average molecular weight is 282 g/mol. The topological polar surface area (TPSA) is 47.3 Å². The Morgan fingerprint density at radius 1 is 1.35 bits per heavy atom. The third kappa shape index (κ3) is 4.03. The summed E-state index contributed by atoms with van der Waals surface area (Å²) < 4.78 is 33.9. The molecule has 1 N–H and O–H groups in total. The van der Waals surface area contributed by atoms with Gasteiger partial charge in [-0.05, 0) is 25.1 Å². The Kier molecular flexibility index (Phi) is 5.06. The van der Waals surface area contributed by atoms with Crippen LogP contribution in [-0.2, 0) is 6.54 Å². The van der Waals surface area contributed by atoms with Gasteiger partial charge in [-0.25, -0.2) is 0 Å². The second-order valence-electron chi connectivity index (χ2n) is 4.27. The van der Waals surface area contributed by atoms with E-state index in [1.807, 2.05) is 0 Å². The van der Waals surface area contributed by atoms with Gasteiger partial charge in [0.1, 0.15) is 5.75 Å². The fraction of sp³-hybridized carbons (Fsp3) is 0.357. The van der Waals surface area contributed by atoms with Gasteiger partial charge in [-0.3, -0.25) is 0 Å². The van der Waals surface area contributed by atoms with Crippen LogP contribution in [-0.4, -0.2) is 18.3 Å². The van der Waals surface area contributed by atoms with Gasteiger partial charge in [-0.15, -0.1) is 0 Å². The van der Waals surface area contributed by atoms with Crippen LogP contribution >= 0.6 is 0 Å². The number of alkyl halides is 2. The Labute approximate surface area is 115 Å². The number of hydrogen-bond donors (Lipinski definition) is 1. The third-order valence-corrected chi connectivity index (χ3v) is 2.64. The van der Waals surface area contributed by atoms with Crippen LogP contribution in [0.1, 0.15) is 19.0 Å². The van der Waals surface area contributed by atoms with Crippen molar-refractivity contribution in [3.8, 4) is 17.1 Å². The minimum Gasteiger partial charge on any atom is -0.435 e. The van der Waals surface area contributed by atoms with E-state index in [0.29, 0.717) is 17.9 Å². The summed E-state index contributed by atoms with van der Waals surface area (Å²) >= 11 is 0. The quantitative estimate of drug-likeness (QED) is 0.790. The van der Waals surface area contributed by atoms with Gasteiger partial charge in [0.15, 0.2) is 5.76 Å². The molecule has 0 aliphatic rings. The Bertz CT molecular complexity index is 543. The molecule has 0 amide bonds. The van der Waals surface area contributed by atoms with Gasteiger partial charge < -0.3 is 14.6 Å². The molecule has 0 spiro atoms. The van der Waals surface area contributed by atoms with Gasteiger partial charge in [0.25, 0.3) is 0 Å². The summed E-state index contributed by atoms with van der Waals surface area (Å²) in [6, 6.07) is 8.13. The van der Waals surface area contributed by atoms with Crippen molar-refractivity contribution in [2.45, 2.75) is 26.5 Å². The van der Waals surface area contributed by atoms with Crippen molar-refractivity contribution in [1.82, 2.24) is 10.5 Å². The molecule has 1 aromatic carbocycles. The second-order valence-corrected chi connectivity index (χ2v) is 4.27. The van der Waals surface area contributed by atoms with Gasteiger partial charge in [0.2, 0.25) is 0 Å². The van der Waals surface area contributed by atoms with Crippen molar-refractivity contribution < 1.29 is 18.0 Å². The molecule has 108 valence electrons. The smallest absolute Gasteiger partial charge is 0.387 e. The van der Waals surface area contributed by atoms with Gasteiger partial charge in [-0.2, -0.15) is 8.78 Å². The molecule has 0 aliphatic carbocycles. The lowest BCUT2D eigenvalue weighted by atomic mass is 10.1. The molecule has 0 unspecified atom stereocenters. The summed E-state index contributed by atoms with van der Waals surface area (Å²) in [7, 11) is 0. The van der Waals surface area contributed by atoms with Gasteiger partial charge in [-0.1, -0.05) is 24.2 Å². The minimum absolute atomic E-state index is 0.0968. The van der Waals surface area contributed by atoms with Crippen molar-refractivity contribution in [1.29, 1.82) is 0 Å². The summed E-state index contributed by atoms with van der Waals surface area (Å²) in [6.45, 7) is 0.758. The second kappa shape index (κ2) is 7.00. The van der Waals surface area contributed by atoms with Crippen LogP contribution in [0.15, 0.2) is 34.9 Å². The lowest BCUT2D eigenvalue weighted by molar-refractivity contribution is -0.0498. The van der Waals surface area contributed by atoms with E-state index in [-0.39, 0.29) is 5.75 Å². The van der Waals surface area contributed by atoms with E-state index in [4.69, 9.17) is 4.52 Å². The number of halogens is 2. The van der Waals surface area contributed by atoms with Crippen molar-refractivity contribution >= 4 is 0 Å². The minimum atomic E-state index is -2.84. The van der Waals surface area contributed by atoms with Crippen LogP contribution in [0.4, 0.5) is 8.78 Å². The highest BCUT2D eigenvalue weighted by atomic mass is 19.3. The molecule has 4 nitrogen and oxygen atoms in total. The van der Waals surface area contributed by atoms with E-state index < -0.39 is 6.61 Å². The molecule has 0 bridgehead atoms. The zero-order chi connectivity index (χ0) is 14.4. The lowest BCUT2D eigenvalue weighted by Crippen LogP contribution is -2.13. The normalized spacial score (nSPS) is 11.0.